The van der Waals surface area contributed by atoms with Gasteiger partial charge in [0.05, 0.1) is 22.7 Å². The van der Waals surface area contributed by atoms with Crippen molar-refractivity contribution in [2.45, 2.75) is 54.0 Å². The Labute approximate surface area is 200 Å². The second-order valence-electron chi connectivity index (χ2n) is 8.46. The van der Waals surface area contributed by atoms with Gasteiger partial charge in [-0.15, -0.1) is 11.8 Å². The van der Waals surface area contributed by atoms with Crippen molar-refractivity contribution in [2.75, 3.05) is 11.1 Å². The number of carbonyl (C=O) groups excluding carboxylic acids is 1. The summed E-state index contributed by atoms with van der Waals surface area (Å²) < 4.78 is 15.5. The first-order chi connectivity index (χ1) is 16.0. The molecule has 1 saturated carbocycles. The van der Waals surface area contributed by atoms with E-state index in [4.69, 9.17) is 4.98 Å². The first-order valence-corrected chi connectivity index (χ1v) is 13.0. The highest BCUT2D eigenvalue weighted by atomic mass is 32.2. The lowest BCUT2D eigenvalue weighted by Crippen LogP contribution is -2.29. The molecule has 8 heteroatoms. The van der Waals surface area contributed by atoms with Crippen LogP contribution < -0.4 is 10.9 Å². The molecule has 1 N–H and O–H groups in total. The lowest BCUT2D eigenvalue weighted by Gasteiger charge is -2.24. The van der Waals surface area contributed by atoms with Gasteiger partial charge in [-0.1, -0.05) is 48.9 Å². The number of thioether (sulfide) groups is 2. The van der Waals surface area contributed by atoms with Gasteiger partial charge in [-0.2, -0.15) is 0 Å². The molecule has 1 aromatic heterocycles. The van der Waals surface area contributed by atoms with Crippen LogP contribution in [0.4, 0.5) is 10.1 Å². The fraction of sp³-hybridized carbons (Fsp3) is 0.320. The molecule has 2 aliphatic rings. The van der Waals surface area contributed by atoms with Crippen molar-refractivity contribution in [1.29, 1.82) is 0 Å². The summed E-state index contributed by atoms with van der Waals surface area (Å²) in [6.45, 7) is 1.98. The smallest absolute Gasteiger partial charge is 0.263 e. The zero-order valence-corrected chi connectivity index (χ0v) is 19.8. The summed E-state index contributed by atoms with van der Waals surface area (Å²) >= 11 is 2.90. The Morgan fingerprint density at radius 1 is 1.21 bits per heavy atom. The molecule has 0 spiro atoms. The fourth-order valence-corrected chi connectivity index (χ4v) is 6.96. The highest BCUT2D eigenvalue weighted by molar-refractivity contribution is 8.00. The molecule has 2 heterocycles. The summed E-state index contributed by atoms with van der Waals surface area (Å²) in [5.41, 5.74) is 2.71. The summed E-state index contributed by atoms with van der Waals surface area (Å²) in [4.78, 5) is 31.2. The number of carbonyl (C=O) groups is 1. The standard InChI is InChI=1S/C25H24FN3O2S2/c1-15-7-6-8-16(13-15)29-24(31)22-17-9-2-5-12-20(17)33-23(22)28-25(29)32-14-21(30)27-19-11-4-3-10-18(19)26/h3-4,6-8,10-11,13,17,20H,2,5,9,12,14H2,1H3,(H,27,30). The van der Waals surface area contributed by atoms with Gasteiger partial charge in [0.2, 0.25) is 5.91 Å². The van der Waals surface area contributed by atoms with E-state index in [2.05, 4.69) is 5.32 Å². The van der Waals surface area contributed by atoms with Crippen LogP contribution in [0.5, 0.6) is 0 Å². The van der Waals surface area contributed by atoms with E-state index in [1.54, 1.807) is 28.5 Å². The number of rotatable bonds is 5. The average Bonchev–Trinajstić information content (AvgIpc) is 3.18. The first kappa shape index (κ1) is 22.2. The minimum atomic E-state index is -0.484. The van der Waals surface area contributed by atoms with Crippen molar-refractivity contribution >= 4 is 35.1 Å². The molecule has 33 heavy (non-hydrogen) atoms. The molecule has 3 aromatic rings. The topological polar surface area (TPSA) is 64.0 Å². The summed E-state index contributed by atoms with van der Waals surface area (Å²) in [7, 11) is 0. The largest absolute Gasteiger partial charge is 0.323 e. The molecule has 0 bridgehead atoms. The Morgan fingerprint density at radius 2 is 2.03 bits per heavy atom. The van der Waals surface area contributed by atoms with E-state index in [0.717, 1.165) is 41.1 Å². The quantitative estimate of drug-likeness (QED) is 0.294. The summed E-state index contributed by atoms with van der Waals surface area (Å²) in [6, 6.07) is 13.8. The van der Waals surface area contributed by atoms with Gasteiger partial charge in [0.1, 0.15) is 10.8 Å². The maximum Gasteiger partial charge on any atom is 0.263 e. The van der Waals surface area contributed by atoms with E-state index < -0.39 is 5.82 Å². The van der Waals surface area contributed by atoms with Gasteiger partial charge >= 0.3 is 0 Å². The van der Waals surface area contributed by atoms with E-state index in [-0.39, 0.29) is 28.8 Å². The van der Waals surface area contributed by atoms with Gasteiger partial charge < -0.3 is 5.32 Å². The van der Waals surface area contributed by atoms with Gasteiger partial charge in [-0.05, 0) is 49.6 Å². The van der Waals surface area contributed by atoms with E-state index in [1.165, 1.54) is 30.3 Å². The number of para-hydroxylation sites is 1. The zero-order chi connectivity index (χ0) is 22.9. The van der Waals surface area contributed by atoms with Crippen LogP contribution in [0.1, 0.15) is 42.7 Å². The zero-order valence-electron chi connectivity index (χ0n) is 18.2. The normalized spacial score (nSPS) is 19.1. The number of hydrogen-bond acceptors (Lipinski definition) is 5. The van der Waals surface area contributed by atoms with Crippen molar-refractivity contribution in [1.82, 2.24) is 9.55 Å². The molecular formula is C25H24FN3O2S2. The van der Waals surface area contributed by atoms with Crippen molar-refractivity contribution in [3.8, 4) is 5.69 Å². The maximum absolute atomic E-state index is 13.9. The number of aryl methyl sites for hydroxylation is 1. The van der Waals surface area contributed by atoms with Crippen LogP contribution in [0.25, 0.3) is 5.69 Å². The predicted octanol–water partition coefficient (Wildman–Crippen LogP) is 5.54. The van der Waals surface area contributed by atoms with Crippen LogP contribution in [-0.4, -0.2) is 26.5 Å². The van der Waals surface area contributed by atoms with Crippen molar-refractivity contribution in [3.63, 3.8) is 0 Å². The van der Waals surface area contributed by atoms with Crippen LogP contribution in [0.2, 0.25) is 0 Å². The van der Waals surface area contributed by atoms with E-state index in [1.807, 2.05) is 31.2 Å². The Kier molecular flexibility index (Phi) is 6.29. The summed E-state index contributed by atoms with van der Waals surface area (Å²) in [5, 5.41) is 4.30. The molecule has 170 valence electrons. The second kappa shape index (κ2) is 9.35. The number of hydrogen-bond donors (Lipinski definition) is 1. The molecule has 0 radical (unpaired) electrons. The lowest BCUT2D eigenvalue weighted by atomic mass is 9.85. The minimum absolute atomic E-state index is 0.0168. The van der Waals surface area contributed by atoms with E-state index in [0.29, 0.717) is 10.4 Å². The second-order valence-corrected chi connectivity index (χ2v) is 10.6. The number of anilines is 1. The van der Waals surface area contributed by atoms with Crippen molar-refractivity contribution < 1.29 is 9.18 Å². The van der Waals surface area contributed by atoms with Crippen LogP contribution in [0.3, 0.4) is 0 Å². The molecule has 5 rings (SSSR count). The molecular weight excluding hydrogens is 457 g/mol. The van der Waals surface area contributed by atoms with Crippen LogP contribution in [0.15, 0.2) is 63.5 Å². The Balaban J connectivity index is 1.49. The van der Waals surface area contributed by atoms with Crippen LogP contribution >= 0.6 is 23.5 Å². The Morgan fingerprint density at radius 3 is 2.85 bits per heavy atom. The molecule has 5 nitrogen and oxygen atoms in total. The molecule has 2 atom stereocenters. The fourth-order valence-electron chi connectivity index (χ4n) is 4.58. The van der Waals surface area contributed by atoms with Crippen molar-refractivity contribution in [2.24, 2.45) is 0 Å². The van der Waals surface area contributed by atoms with Gasteiger partial charge in [0.25, 0.3) is 5.56 Å². The summed E-state index contributed by atoms with van der Waals surface area (Å²) in [5.74, 6) is -0.569. The van der Waals surface area contributed by atoms with Gasteiger partial charge in [0, 0.05) is 11.2 Å². The lowest BCUT2D eigenvalue weighted by molar-refractivity contribution is -0.113. The average molecular weight is 482 g/mol. The molecule has 2 aromatic carbocycles. The number of nitrogens with zero attached hydrogens (tertiary/aromatic N) is 2. The number of fused-ring (bicyclic) bond motifs is 3. The molecule has 1 fully saturated rings. The van der Waals surface area contributed by atoms with E-state index in [9.17, 15) is 14.0 Å². The molecule has 0 saturated heterocycles. The molecule has 1 aliphatic carbocycles. The third-order valence-electron chi connectivity index (χ3n) is 6.13. The number of nitrogens with one attached hydrogen (secondary N) is 1. The van der Waals surface area contributed by atoms with Gasteiger partial charge in [-0.25, -0.2) is 9.37 Å². The highest BCUT2D eigenvalue weighted by Crippen LogP contribution is 2.50. The molecule has 2 unspecified atom stereocenters. The molecule has 1 amide bonds. The monoisotopic (exact) mass is 481 g/mol. The molecule has 1 aliphatic heterocycles. The third kappa shape index (κ3) is 4.46. The number of benzene rings is 2. The van der Waals surface area contributed by atoms with Gasteiger partial charge in [0.15, 0.2) is 5.16 Å². The highest BCUT2D eigenvalue weighted by Gasteiger charge is 2.39. The predicted molar refractivity (Wildman–Crippen MR) is 131 cm³/mol. The first-order valence-electron chi connectivity index (χ1n) is 11.1. The summed E-state index contributed by atoms with van der Waals surface area (Å²) in [6.07, 6.45) is 4.44. The van der Waals surface area contributed by atoms with Crippen LogP contribution in [-0.2, 0) is 4.79 Å². The van der Waals surface area contributed by atoms with Crippen LogP contribution in [0, 0.1) is 12.7 Å². The Hall–Kier alpha value is -2.58. The Bertz CT molecular complexity index is 1280. The SMILES string of the molecule is Cc1cccc(-n2c(SCC(=O)Nc3ccccc3F)nc3c(c2=O)C2CCCCC2S3)c1. The van der Waals surface area contributed by atoms with Gasteiger partial charge in [-0.3, -0.25) is 14.2 Å². The minimum Gasteiger partial charge on any atom is -0.323 e. The number of amides is 1. The van der Waals surface area contributed by atoms with Crippen molar-refractivity contribution in [3.05, 3.63) is 75.8 Å². The number of aromatic nitrogens is 2. The maximum atomic E-state index is 13.9. The van der Waals surface area contributed by atoms with E-state index >= 15 is 0 Å². The third-order valence-corrected chi connectivity index (χ3v) is 8.47. The number of halogens is 1.